The lowest BCUT2D eigenvalue weighted by Crippen LogP contribution is -2.29. The quantitative estimate of drug-likeness (QED) is 0.864. The first-order chi connectivity index (χ1) is 12.1. The number of anilines is 1. The highest BCUT2D eigenvalue weighted by Crippen LogP contribution is 2.37. The number of piperidine rings is 1. The molecule has 3 heterocycles. The van der Waals surface area contributed by atoms with Crippen molar-refractivity contribution in [1.82, 2.24) is 14.7 Å². The van der Waals surface area contributed by atoms with E-state index in [4.69, 9.17) is 16.7 Å². The maximum Gasteiger partial charge on any atom is 0.133 e. The van der Waals surface area contributed by atoms with Crippen molar-refractivity contribution in [1.29, 1.82) is 0 Å². The molecule has 0 unspecified atom stereocenters. The Hall–Kier alpha value is -1.52. The molecule has 0 saturated carbocycles. The van der Waals surface area contributed by atoms with Crippen molar-refractivity contribution in [3.05, 3.63) is 40.0 Å². The van der Waals surface area contributed by atoms with Crippen molar-refractivity contribution in [3.8, 4) is 5.69 Å². The first kappa shape index (κ1) is 16.9. The van der Waals surface area contributed by atoms with Gasteiger partial charge in [0.25, 0.3) is 0 Å². The lowest BCUT2D eigenvalue weighted by atomic mass is 9.90. The van der Waals surface area contributed by atoms with Crippen LogP contribution in [0, 0.1) is 6.92 Å². The second-order valence-corrected chi connectivity index (χ2v) is 7.95. The van der Waals surface area contributed by atoms with Gasteiger partial charge in [-0.25, -0.2) is 4.68 Å². The molecule has 0 amide bonds. The van der Waals surface area contributed by atoms with Crippen LogP contribution in [-0.2, 0) is 6.42 Å². The number of benzene rings is 1. The number of rotatable bonds is 2. The molecule has 4 rings (SSSR count). The van der Waals surface area contributed by atoms with Gasteiger partial charge in [-0.2, -0.15) is 5.10 Å². The van der Waals surface area contributed by atoms with Gasteiger partial charge in [-0.1, -0.05) is 17.7 Å². The zero-order valence-corrected chi connectivity index (χ0v) is 15.9. The lowest BCUT2D eigenvalue weighted by molar-refractivity contribution is 0.252. The predicted octanol–water partition coefficient (Wildman–Crippen LogP) is 4.39. The SMILES string of the molecule is Cc1ccc(Cl)cc1-n1nc(C2CCN(C)CC2)c2c1NCCCC2. The van der Waals surface area contributed by atoms with Gasteiger partial charge in [0.1, 0.15) is 5.82 Å². The Kier molecular flexibility index (Phi) is 4.74. The van der Waals surface area contributed by atoms with Gasteiger partial charge in [-0.3, -0.25) is 0 Å². The average molecular weight is 359 g/mol. The number of nitrogens with zero attached hydrogens (tertiary/aromatic N) is 3. The molecule has 0 spiro atoms. The van der Waals surface area contributed by atoms with Crippen LogP contribution in [0.5, 0.6) is 0 Å². The molecule has 2 aliphatic heterocycles. The minimum atomic E-state index is 0.575. The maximum atomic E-state index is 6.29. The Morgan fingerprint density at radius 1 is 1.20 bits per heavy atom. The molecule has 0 bridgehead atoms. The highest BCUT2D eigenvalue weighted by atomic mass is 35.5. The van der Waals surface area contributed by atoms with Crippen LogP contribution >= 0.6 is 11.6 Å². The third-order valence-electron chi connectivity index (χ3n) is 5.67. The number of aromatic nitrogens is 2. The van der Waals surface area contributed by atoms with Gasteiger partial charge >= 0.3 is 0 Å². The predicted molar refractivity (Wildman–Crippen MR) is 104 cm³/mol. The first-order valence-corrected chi connectivity index (χ1v) is 9.82. The number of halogens is 1. The summed E-state index contributed by atoms with van der Waals surface area (Å²) in [6.07, 6.45) is 5.99. The number of aryl methyl sites for hydroxylation is 1. The van der Waals surface area contributed by atoms with E-state index in [-0.39, 0.29) is 0 Å². The van der Waals surface area contributed by atoms with Crippen LogP contribution in [-0.4, -0.2) is 41.4 Å². The van der Waals surface area contributed by atoms with Crippen LogP contribution in [0.15, 0.2) is 18.2 Å². The summed E-state index contributed by atoms with van der Waals surface area (Å²) in [4.78, 5) is 2.42. The Morgan fingerprint density at radius 3 is 2.80 bits per heavy atom. The van der Waals surface area contributed by atoms with E-state index in [1.54, 1.807) is 0 Å². The first-order valence-electron chi connectivity index (χ1n) is 9.44. The van der Waals surface area contributed by atoms with E-state index in [2.05, 4.69) is 34.9 Å². The van der Waals surface area contributed by atoms with E-state index >= 15 is 0 Å². The summed E-state index contributed by atoms with van der Waals surface area (Å²) >= 11 is 6.29. The normalized spacial score (nSPS) is 19.3. The second-order valence-electron chi connectivity index (χ2n) is 7.52. The molecule has 2 aliphatic rings. The second kappa shape index (κ2) is 7.00. The van der Waals surface area contributed by atoms with Crippen molar-refractivity contribution >= 4 is 17.4 Å². The fourth-order valence-electron chi connectivity index (χ4n) is 4.12. The Bertz CT molecular complexity index is 759. The third kappa shape index (κ3) is 3.30. The molecule has 1 fully saturated rings. The molecule has 0 aliphatic carbocycles. The number of likely N-dealkylation sites (tertiary alicyclic amines) is 1. The van der Waals surface area contributed by atoms with E-state index in [0.717, 1.165) is 36.8 Å². The Balaban J connectivity index is 1.80. The van der Waals surface area contributed by atoms with Gasteiger partial charge in [0.05, 0.1) is 11.4 Å². The Labute approximate surface area is 155 Å². The monoisotopic (exact) mass is 358 g/mol. The fourth-order valence-corrected chi connectivity index (χ4v) is 4.29. The lowest BCUT2D eigenvalue weighted by Gasteiger charge is -2.28. The number of hydrogen-bond acceptors (Lipinski definition) is 3. The molecule has 4 nitrogen and oxygen atoms in total. The van der Waals surface area contributed by atoms with Gasteiger partial charge in [-0.15, -0.1) is 0 Å². The fraction of sp³-hybridized carbons (Fsp3) is 0.550. The highest BCUT2D eigenvalue weighted by molar-refractivity contribution is 6.30. The molecule has 1 aromatic heterocycles. The largest absolute Gasteiger partial charge is 0.370 e. The Morgan fingerprint density at radius 2 is 2.00 bits per heavy atom. The summed E-state index contributed by atoms with van der Waals surface area (Å²) in [7, 11) is 2.21. The van der Waals surface area contributed by atoms with Crippen LogP contribution in [0.25, 0.3) is 5.69 Å². The molecule has 0 atom stereocenters. The molecule has 134 valence electrons. The molecule has 0 radical (unpaired) electrons. The minimum Gasteiger partial charge on any atom is -0.370 e. The molecular formula is C20H27ClN4. The summed E-state index contributed by atoms with van der Waals surface area (Å²) < 4.78 is 2.12. The van der Waals surface area contributed by atoms with Gasteiger partial charge in [0.15, 0.2) is 0 Å². The summed E-state index contributed by atoms with van der Waals surface area (Å²) in [5, 5.41) is 9.55. The van der Waals surface area contributed by atoms with Crippen LogP contribution in [0.1, 0.15) is 48.4 Å². The van der Waals surface area contributed by atoms with Crippen molar-refractivity contribution in [2.45, 2.75) is 44.9 Å². The van der Waals surface area contributed by atoms with Crippen molar-refractivity contribution in [2.24, 2.45) is 0 Å². The molecular weight excluding hydrogens is 332 g/mol. The summed E-state index contributed by atoms with van der Waals surface area (Å²) in [6, 6.07) is 6.07. The molecule has 1 saturated heterocycles. The third-order valence-corrected chi connectivity index (χ3v) is 5.90. The molecule has 1 N–H and O–H groups in total. The van der Waals surface area contributed by atoms with Gasteiger partial charge in [0.2, 0.25) is 0 Å². The standard InChI is InChI=1S/C20H27ClN4/c1-14-6-7-16(21)13-18(14)25-20-17(5-3-4-10-22-20)19(23-25)15-8-11-24(2)12-9-15/h6-7,13,15,22H,3-5,8-12H2,1-2H3. The van der Waals surface area contributed by atoms with E-state index in [1.807, 2.05) is 12.1 Å². The number of nitrogens with one attached hydrogen (secondary N) is 1. The van der Waals surface area contributed by atoms with Crippen LogP contribution in [0.2, 0.25) is 5.02 Å². The molecule has 5 heteroatoms. The van der Waals surface area contributed by atoms with Crippen LogP contribution in [0.4, 0.5) is 5.82 Å². The summed E-state index contributed by atoms with van der Waals surface area (Å²) in [5.41, 5.74) is 5.05. The van der Waals surface area contributed by atoms with E-state index < -0.39 is 0 Å². The summed E-state index contributed by atoms with van der Waals surface area (Å²) in [6.45, 7) is 5.47. The van der Waals surface area contributed by atoms with Crippen LogP contribution < -0.4 is 5.32 Å². The molecule has 25 heavy (non-hydrogen) atoms. The number of fused-ring (bicyclic) bond motifs is 1. The van der Waals surface area contributed by atoms with Crippen molar-refractivity contribution < 1.29 is 0 Å². The van der Waals surface area contributed by atoms with Crippen molar-refractivity contribution in [2.75, 3.05) is 32.0 Å². The van der Waals surface area contributed by atoms with Gasteiger partial charge < -0.3 is 10.2 Å². The number of hydrogen-bond donors (Lipinski definition) is 1. The average Bonchev–Trinajstić information content (AvgIpc) is 2.79. The van der Waals surface area contributed by atoms with E-state index in [9.17, 15) is 0 Å². The zero-order chi connectivity index (χ0) is 17.4. The highest BCUT2D eigenvalue weighted by Gasteiger charge is 2.28. The minimum absolute atomic E-state index is 0.575. The molecule has 2 aromatic rings. The van der Waals surface area contributed by atoms with E-state index in [0.29, 0.717) is 5.92 Å². The molecule has 1 aromatic carbocycles. The van der Waals surface area contributed by atoms with Crippen LogP contribution in [0.3, 0.4) is 0 Å². The van der Waals surface area contributed by atoms with E-state index in [1.165, 1.54) is 48.3 Å². The van der Waals surface area contributed by atoms with Crippen molar-refractivity contribution in [3.63, 3.8) is 0 Å². The van der Waals surface area contributed by atoms with Gasteiger partial charge in [0, 0.05) is 23.0 Å². The summed E-state index contributed by atoms with van der Waals surface area (Å²) in [5.74, 6) is 1.77. The zero-order valence-electron chi connectivity index (χ0n) is 15.2. The van der Waals surface area contributed by atoms with Gasteiger partial charge in [-0.05, 0) is 76.9 Å². The topological polar surface area (TPSA) is 33.1 Å². The smallest absolute Gasteiger partial charge is 0.133 e. The maximum absolute atomic E-state index is 6.29.